The van der Waals surface area contributed by atoms with Crippen LogP contribution in [0.2, 0.25) is 5.02 Å². The van der Waals surface area contributed by atoms with E-state index in [4.69, 9.17) is 27.7 Å². The first-order valence-corrected chi connectivity index (χ1v) is 15.9. The zero-order valence-corrected chi connectivity index (χ0v) is 27.3. The lowest BCUT2D eigenvalue weighted by atomic mass is 9.99. The number of halogens is 1. The van der Waals surface area contributed by atoms with Gasteiger partial charge in [0.25, 0.3) is 5.91 Å². The number of aliphatic imine (C=N–C) groups is 1. The molecule has 0 bridgehead atoms. The largest absolute Gasteiger partial charge is 0.309 e. The number of hydrazine groups is 1. The summed E-state index contributed by atoms with van der Waals surface area (Å²) in [5, 5.41) is 13.3. The number of aromatic nitrogens is 1. The molecule has 1 unspecified atom stereocenters. The molecule has 1 aliphatic heterocycles. The third-order valence-corrected chi connectivity index (χ3v) is 9.89. The van der Waals surface area contributed by atoms with Crippen molar-refractivity contribution in [2.75, 3.05) is 15.6 Å². The smallest absolute Gasteiger partial charge is 0.259 e. The van der Waals surface area contributed by atoms with Crippen LogP contribution in [0.5, 0.6) is 0 Å². The summed E-state index contributed by atoms with van der Waals surface area (Å²) in [6.07, 6.45) is -0.851. The number of nitrogens with two attached hydrogens (primary N) is 1. The number of thiophene rings is 1. The van der Waals surface area contributed by atoms with Gasteiger partial charge in [-0.25, -0.2) is 4.98 Å². The number of anilines is 3. The second-order valence-electron chi connectivity index (χ2n) is 10.5. The molecule has 0 radical (unpaired) electrons. The molecule has 6 N–H and O–H groups in total. The van der Waals surface area contributed by atoms with Gasteiger partial charge < -0.3 is 10.6 Å². The Morgan fingerprint density at radius 3 is 2.41 bits per heavy atom. The number of amidine groups is 1. The predicted octanol–water partition coefficient (Wildman–Crippen LogP) is 6.19. The van der Waals surface area contributed by atoms with Crippen LogP contribution in [0.1, 0.15) is 55.8 Å². The van der Waals surface area contributed by atoms with Crippen molar-refractivity contribution in [1.29, 1.82) is 5.41 Å². The van der Waals surface area contributed by atoms with E-state index in [0.717, 1.165) is 37.1 Å². The molecule has 13 heteroatoms. The number of rotatable bonds is 7. The fourth-order valence-corrected chi connectivity index (χ4v) is 7.09. The van der Waals surface area contributed by atoms with Gasteiger partial charge in [-0.2, -0.15) is 0 Å². The van der Waals surface area contributed by atoms with Crippen LogP contribution in [0.25, 0.3) is 0 Å². The Balaban J connectivity index is 1.40. The molecule has 2 atom stereocenters. The molecule has 0 fully saturated rings. The van der Waals surface area contributed by atoms with Crippen molar-refractivity contribution in [3.8, 4) is 0 Å². The van der Waals surface area contributed by atoms with E-state index in [9.17, 15) is 9.59 Å². The number of para-hydroxylation sites is 1. The Kier molecular flexibility index (Phi) is 9.16. The summed E-state index contributed by atoms with van der Waals surface area (Å²) in [5.74, 6) is -0.485. The Morgan fingerprint density at radius 2 is 1.75 bits per heavy atom. The lowest BCUT2D eigenvalue weighted by molar-refractivity contribution is -0.121. The van der Waals surface area contributed by atoms with Gasteiger partial charge in [-0.15, -0.1) is 22.7 Å². The van der Waals surface area contributed by atoms with E-state index in [1.54, 1.807) is 59.6 Å². The predicted molar refractivity (Wildman–Crippen MR) is 181 cm³/mol. The SMILES string of the molecule is CC(=N)N1c2sc(C)c(C)c2C(c2ccc(Cl)cc2)=N[C@@H](CC(=O)NNc2ccccc2C(=O)Nc2nc(C)c(C)s2)C1N. The van der Waals surface area contributed by atoms with Crippen molar-refractivity contribution in [3.05, 3.63) is 91.3 Å². The van der Waals surface area contributed by atoms with E-state index >= 15 is 0 Å². The average molecular weight is 649 g/mol. The lowest BCUT2D eigenvalue weighted by Crippen LogP contribution is -2.52. The van der Waals surface area contributed by atoms with Gasteiger partial charge in [-0.1, -0.05) is 35.9 Å². The number of nitrogens with zero attached hydrogens (tertiary/aromatic N) is 3. The molecule has 0 spiro atoms. The monoisotopic (exact) mass is 648 g/mol. The number of aryl methyl sites for hydroxylation is 3. The van der Waals surface area contributed by atoms with E-state index in [2.05, 4.69) is 21.2 Å². The molecule has 0 saturated carbocycles. The minimum Gasteiger partial charge on any atom is -0.309 e. The average Bonchev–Trinajstić information content (AvgIpc) is 3.41. The van der Waals surface area contributed by atoms with Gasteiger partial charge in [-0.05, 0) is 64.4 Å². The van der Waals surface area contributed by atoms with E-state index < -0.39 is 12.2 Å². The number of amides is 2. The van der Waals surface area contributed by atoms with Crippen LogP contribution in [-0.4, -0.2) is 40.6 Å². The van der Waals surface area contributed by atoms with Crippen LogP contribution in [0.3, 0.4) is 0 Å². The second-order valence-corrected chi connectivity index (χ2v) is 13.3. The van der Waals surface area contributed by atoms with Gasteiger partial charge in [0, 0.05) is 25.9 Å². The van der Waals surface area contributed by atoms with E-state index in [1.807, 2.05) is 39.8 Å². The minimum absolute atomic E-state index is 0.0754. The maximum absolute atomic E-state index is 13.4. The van der Waals surface area contributed by atoms with Crippen LogP contribution in [0, 0.1) is 33.1 Å². The summed E-state index contributed by atoms with van der Waals surface area (Å²) in [7, 11) is 0. The molecule has 2 amide bonds. The molecule has 4 aromatic rings. The number of thiazole rings is 1. The normalized spacial score (nSPS) is 16.1. The summed E-state index contributed by atoms with van der Waals surface area (Å²) in [4.78, 5) is 39.7. The quantitative estimate of drug-likeness (QED) is 0.0917. The van der Waals surface area contributed by atoms with Crippen molar-refractivity contribution in [3.63, 3.8) is 0 Å². The summed E-state index contributed by atoms with van der Waals surface area (Å²) in [6, 6.07) is 13.6. The first kappa shape index (κ1) is 31.3. The van der Waals surface area contributed by atoms with Crippen LogP contribution in [0.4, 0.5) is 15.8 Å². The van der Waals surface area contributed by atoms with Crippen molar-refractivity contribution in [1.82, 2.24) is 10.4 Å². The number of benzene rings is 2. The maximum Gasteiger partial charge on any atom is 0.259 e. The first-order chi connectivity index (χ1) is 20.9. The van der Waals surface area contributed by atoms with Crippen molar-refractivity contribution >= 4 is 73.5 Å². The van der Waals surface area contributed by atoms with Crippen LogP contribution >= 0.6 is 34.3 Å². The Labute approximate surface area is 268 Å². The summed E-state index contributed by atoms with van der Waals surface area (Å²) < 4.78 is 0. The number of hydrogen-bond acceptors (Lipinski definition) is 9. The molecule has 5 rings (SSSR count). The number of carbonyl (C=O) groups excluding carboxylic acids is 2. The lowest BCUT2D eigenvalue weighted by Gasteiger charge is -2.31. The molecular formula is C31H33ClN8O2S2. The highest BCUT2D eigenvalue weighted by atomic mass is 35.5. The summed E-state index contributed by atoms with van der Waals surface area (Å²) >= 11 is 9.14. The first-order valence-electron chi connectivity index (χ1n) is 13.9. The molecule has 228 valence electrons. The van der Waals surface area contributed by atoms with Crippen molar-refractivity contribution in [2.45, 2.75) is 53.2 Å². The van der Waals surface area contributed by atoms with Crippen molar-refractivity contribution < 1.29 is 9.59 Å². The van der Waals surface area contributed by atoms with Gasteiger partial charge in [0.1, 0.15) is 11.2 Å². The van der Waals surface area contributed by atoms with Gasteiger partial charge in [-0.3, -0.25) is 36.2 Å². The van der Waals surface area contributed by atoms with E-state index in [-0.39, 0.29) is 24.1 Å². The molecule has 2 aromatic carbocycles. The molecule has 2 aromatic heterocycles. The Morgan fingerprint density at radius 1 is 1.05 bits per heavy atom. The molecule has 44 heavy (non-hydrogen) atoms. The maximum atomic E-state index is 13.4. The van der Waals surface area contributed by atoms with Crippen LogP contribution in [-0.2, 0) is 4.79 Å². The standard InChI is InChI=1S/C31H33ClN8O2S2/c1-15-17(3)43-30-26(15)27(20-10-12-21(32)13-11-20)36-24(28(34)40(30)19(5)33)14-25(41)39-38-23-9-7-6-8-22(23)29(42)37-31-35-16(2)18(4)44-31/h6-13,24,28,33,38H,14,34H2,1-5H3,(H,39,41)(H,35,37,42)/t24-,28?/m0/s1. The molecule has 10 nitrogen and oxygen atoms in total. The van der Waals surface area contributed by atoms with Gasteiger partial charge in [0.15, 0.2) is 5.13 Å². The third kappa shape index (κ3) is 6.39. The van der Waals surface area contributed by atoms with E-state index in [1.165, 1.54) is 11.3 Å². The van der Waals surface area contributed by atoms with Gasteiger partial charge in [0.05, 0.1) is 41.0 Å². The van der Waals surface area contributed by atoms with Crippen LogP contribution < -0.4 is 26.8 Å². The number of nitrogens with one attached hydrogen (secondary N) is 4. The number of carbonyl (C=O) groups is 2. The zero-order valence-electron chi connectivity index (χ0n) is 24.9. The highest BCUT2D eigenvalue weighted by Crippen LogP contribution is 2.40. The van der Waals surface area contributed by atoms with Gasteiger partial charge in [0.2, 0.25) is 5.91 Å². The molecule has 0 saturated heterocycles. The third-order valence-electron chi connectivity index (χ3n) is 7.44. The van der Waals surface area contributed by atoms with E-state index in [0.29, 0.717) is 27.1 Å². The highest BCUT2D eigenvalue weighted by molar-refractivity contribution is 7.17. The minimum atomic E-state index is -0.775. The molecule has 3 heterocycles. The zero-order chi connectivity index (χ0) is 31.7. The van der Waals surface area contributed by atoms with Crippen molar-refractivity contribution in [2.24, 2.45) is 10.7 Å². The number of hydrogen-bond donors (Lipinski definition) is 5. The molecule has 0 aliphatic carbocycles. The fourth-order valence-electron chi connectivity index (χ4n) is 4.90. The Bertz CT molecular complexity index is 1760. The summed E-state index contributed by atoms with van der Waals surface area (Å²) in [5.41, 5.74) is 17.5. The van der Waals surface area contributed by atoms with Crippen LogP contribution in [0.15, 0.2) is 53.5 Å². The molecule has 1 aliphatic rings. The fraction of sp³-hybridized carbons (Fsp3) is 0.258. The topological polar surface area (TPSA) is 149 Å². The summed E-state index contributed by atoms with van der Waals surface area (Å²) in [6.45, 7) is 9.57. The Hall–Kier alpha value is -4.10. The van der Waals surface area contributed by atoms with Gasteiger partial charge >= 0.3 is 0 Å². The number of fused-ring (bicyclic) bond motifs is 1. The second kappa shape index (κ2) is 12.9. The highest BCUT2D eigenvalue weighted by Gasteiger charge is 2.36. The molecular weight excluding hydrogens is 616 g/mol.